The third-order valence-electron chi connectivity index (χ3n) is 2.44. The van der Waals surface area contributed by atoms with Crippen LogP contribution in [0.2, 0.25) is 5.02 Å². The van der Waals surface area contributed by atoms with Crippen molar-refractivity contribution in [1.82, 2.24) is 10.6 Å². The maximum absolute atomic E-state index is 11.5. The van der Waals surface area contributed by atoms with Crippen molar-refractivity contribution in [2.75, 3.05) is 13.2 Å². The summed E-state index contributed by atoms with van der Waals surface area (Å²) in [7, 11) is 0. The molecule has 1 rings (SSSR count). The molecular weight excluding hydrogens is 276 g/mol. The fraction of sp³-hybridized carbons (Fsp3) is 0.400. The molecule has 2 amide bonds. The van der Waals surface area contributed by atoms with Gasteiger partial charge in [-0.2, -0.15) is 0 Å². The number of carbonyl (C=O) groups is 1. The standard InChI is InChI=1S/C15H21ClN2O2/c1-12(2)20-11-5-9-17-15(19)18-10-8-13-6-3-4-7-14(13)16/h3-4,6-8,10,12H,5,9,11H2,1-2H3,(H2,17,18,19)/b10-8+. The molecule has 20 heavy (non-hydrogen) atoms. The highest BCUT2D eigenvalue weighted by Crippen LogP contribution is 2.15. The van der Waals surface area contributed by atoms with E-state index in [0.29, 0.717) is 18.2 Å². The summed E-state index contributed by atoms with van der Waals surface area (Å²) in [5.41, 5.74) is 0.861. The quantitative estimate of drug-likeness (QED) is 0.758. The first-order valence-electron chi connectivity index (χ1n) is 6.66. The molecule has 0 fully saturated rings. The summed E-state index contributed by atoms with van der Waals surface area (Å²) < 4.78 is 5.38. The Bertz CT molecular complexity index is 447. The van der Waals surface area contributed by atoms with E-state index in [0.717, 1.165) is 12.0 Å². The first kappa shape index (κ1) is 16.5. The summed E-state index contributed by atoms with van der Waals surface area (Å²) in [5, 5.41) is 6.02. The summed E-state index contributed by atoms with van der Waals surface area (Å²) in [6.45, 7) is 5.20. The van der Waals surface area contributed by atoms with E-state index >= 15 is 0 Å². The normalized spacial score (nSPS) is 11.0. The molecule has 0 unspecified atom stereocenters. The van der Waals surface area contributed by atoms with Crippen molar-refractivity contribution < 1.29 is 9.53 Å². The topological polar surface area (TPSA) is 50.4 Å². The van der Waals surface area contributed by atoms with Crippen LogP contribution in [0.1, 0.15) is 25.8 Å². The van der Waals surface area contributed by atoms with Gasteiger partial charge in [0.15, 0.2) is 0 Å². The summed E-state index contributed by atoms with van der Waals surface area (Å²) in [6.07, 6.45) is 4.34. The zero-order valence-corrected chi connectivity index (χ0v) is 12.6. The monoisotopic (exact) mass is 296 g/mol. The maximum Gasteiger partial charge on any atom is 0.318 e. The van der Waals surface area contributed by atoms with E-state index in [1.807, 2.05) is 32.0 Å². The number of benzene rings is 1. The molecule has 0 atom stereocenters. The Morgan fingerprint density at radius 2 is 2.15 bits per heavy atom. The minimum atomic E-state index is -0.238. The van der Waals surface area contributed by atoms with Crippen molar-refractivity contribution in [3.8, 4) is 0 Å². The summed E-state index contributed by atoms with van der Waals surface area (Å²) in [4.78, 5) is 11.5. The molecule has 1 aromatic carbocycles. The number of carbonyl (C=O) groups excluding carboxylic acids is 1. The van der Waals surface area contributed by atoms with Crippen LogP contribution in [-0.2, 0) is 4.74 Å². The minimum absolute atomic E-state index is 0.224. The van der Waals surface area contributed by atoms with Crippen molar-refractivity contribution in [2.24, 2.45) is 0 Å². The molecule has 0 aliphatic heterocycles. The summed E-state index contributed by atoms with van der Waals surface area (Å²) in [6, 6.07) is 7.19. The van der Waals surface area contributed by atoms with Crippen LogP contribution in [-0.4, -0.2) is 25.3 Å². The van der Waals surface area contributed by atoms with Crippen LogP contribution >= 0.6 is 11.6 Å². The van der Waals surface area contributed by atoms with Gasteiger partial charge in [-0.25, -0.2) is 4.79 Å². The number of rotatable bonds is 7. The van der Waals surface area contributed by atoms with Crippen LogP contribution < -0.4 is 10.6 Å². The Balaban J connectivity index is 2.18. The zero-order valence-electron chi connectivity index (χ0n) is 11.9. The fourth-order valence-electron chi connectivity index (χ4n) is 1.46. The lowest BCUT2D eigenvalue weighted by Crippen LogP contribution is -2.33. The zero-order chi connectivity index (χ0) is 14.8. The van der Waals surface area contributed by atoms with Gasteiger partial charge in [-0.05, 0) is 38.0 Å². The van der Waals surface area contributed by atoms with Crippen LogP contribution in [0.15, 0.2) is 30.5 Å². The molecule has 0 spiro atoms. The summed E-state index contributed by atoms with van der Waals surface area (Å²) in [5.74, 6) is 0. The van der Waals surface area contributed by atoms with Gasteiger partial charge in [0.25, 0.3) is 0 Å². The Kier molecular flexibility index (Phi) is 7.77. The average molecular weight is 297 g/mol. The van der Waals surface area contributed by atoms with Crippen molar-refractivity contribution in [2.45, 2.75) is 26.4 Å². The van der Waals surface area contributed by atoms with Gasteiger partial charge in [0.1, 0.15) is 0 Å². The molecule has 110 valence electrons. The van der Waals surface area contributed by atoms with Gasteiger partial charge in [-0.15, -0.1) is 0 Å². The number of halogens is 1. The van der Waals surface area contributed by atoms with Crippen LogP contribution in [0, 0.1) is 0 Å². The molecule has 0 saturated heterocycles. The minimum Gasteiger partial charge on any atom is -0.379 e. The first-order chi connectivity index (χ1) is 9.59. The Hall–Kier alpha value is -1.52. The first-order valence-corrected chi connectivity index (χ1v) is 7.04. The molecule has 0 aliphatic carbocycles. The van der Waals surface area contributed by atoms with Crippen LogP contribution in [0.4, 0.5) is 4.79 Å². The third kappa shape index (κ3) is 7.16. The van der Waals surface area contributed by atoms with Gasteiger partial charge in [0.05, 0.1) is 6.10 Å². The van der Waals surface area contributed by atoms with E-state index in [4.69, 9.17) is 16.3 Å². The van der Waals surface area contributed by atoms with Crippen molar-refractivity contribution in [1.29, 1.82) is 0 Å². The van der Waals surface area contributed by atoms with Gasteiger partial charge in [0.2, 0.25) is 0 Å². The Labute approximate surface area is 125 Å². The number of ether oxygens (including phenoxy) is 1. The largest absolute Gasteiger partial charge is 0.379 e. The molecular formula is C15H21ClN2O2. The van der Waals surface area contributed by atoms with Gasteiger partial charge >= 0.3 is 6.03 Å². The second-order valence-corrected chi connectivity index (χ2v) is 4.94. The maximum atomic E-state index is 11.5. The van der Waals surface area contributed by atoms with E-state index < -0.39 is 0 Å². The lowest BCUT2D eigenvalue weighted by molar-refractivity contribution is 0.0774. The number of hydrogen-bond acceptors (Lipinski definition) is 2. The van der Waals surface area contributed by atoms with Crippen LogP contribution in [0.3, 0.4) is 0 Å². The van der Waals surface area contributed by atoms with Gasteiger partial charge < -0.3 is 15.4 Å². The molecule has 0 aliphatic rings. The molecule has 0 bridgehead atoms. The highest BCUT2D eigenvalue weighted by Gasteiger charge is 1.98. The van der Waals surface area contributed by atoms with Gasteiger partial charge in [-0.3, -0.25) is 0 Å². The molecule has 1 aromatic rings. The number of hydrogen-bond donors (Lipinski definition) is 2. The Morgan fingerprint density at radius 3 is 2.85 bits per heavy atom. The van der Waals surface area contributed by atoms with Crippen molar-refractivity contribution in [3.05, 3.63) is 41.1 Å². The number of urea groups is 1. The second-order valence-electron chi connectivity index (χ2n) is 4.53. The summed E-state index contributed by atoms with van der Waals surface area (Å²) >= 11 is 5.99. The van der Waals surface area contributed by atoms with E-state index in [2.05, 4.69) is 10.6 Å². The molecule has 0 radical (unpaired) electrons. The molecule has 0 heterocycles. The Morgan fingerprint density at radius 1 is 1.40 bits per heavy atom. The predicted octanol–water partition coefficient (Wildman–Crippen LogP) is 3.43. The predicted molar refractivity (Wildman–Crippen MR) is 82.7 cm³/mol. The highest BCUT2D eigenvalue weighted by molar-refractivity contribution is 6.32. The van der Waals surface area contributed by atoms with Crippen LogP contribution in [0.5, 0.6) is 0 Å². The number of amides is 2. The van der Waals surface area contributed by atoms with Crippen molar-refractivity contribution >= 4 is 23.7 Å². The highest BCUT2D eigenvalue weighted by atomic mass is 35.5. The third-order valence-corrected chi connectivity index (χ3v) is 2.78. The van der Waals surface area contributed by atoms with E-state index in [1.54, 1.807) is 18.3 Å². The molecule has 0 saturated carbocycles. The molecule has 5 heteroatoms. The van der Waals surface area contributed by atoms with E-state index in [9.17, 15) is 4.79 Å². The molecule has 2 N–H and O–H groups in total. The lowest BCUT2D eigenvalue weighted by Gasteiger charge is -2.08. The smallest absolute Gasteiger partial charge is 0.318 e. The SMILES string of the molecule is CC(C)OCCCNC(=O)N/C=C/c1ccccc1Cl. The lowest BCUT2D eigenvalue weighted by atomic mass is 10.2. The van der Waals surface area contributed by atoms with Crippen molar-refractivity contribution in [3.63, 3.8) is 0 Å². The average Bonchev–Trinajstić information content (AvgIpc) is 2.40. The fourth-order valence-corrected chi connectivity index (χ4v) is 1.66. The molecule has 0 aromatic heterocycles. The second kappa shape index (κ2) is 9.39. The number of nitrogens with one attached hydrogen (secondary N) is 2. The molecule has 4 nitrogen and oxygen atoms in total. The van der Waals surface area contributed by atoms with Crippen LogP contribution in [0.25, 0.3) is 6.08 Å². The van der Waals surface area contributed by atoms with Gasteiger partial charge in [-0.1, -0.05) is 29.8 Å². The van der Waals surface area contributed by atoms with E-state index in [-0.39, 0.29) is 12.1 Å². The van der Waals surface area contributed by atoms with E-state index in [1.165, 1.54) is 0 Å². The van der Waals surface area contributed by atoms with Gasteiger partial charge in [0, 0.05) is 24.4 Å².